The minimum Gasteiger partial charge on any atom is -0.496 e. The van der Waals surface area contributed by atoms with Crippen LogP contribution in [0.3, 0.4) is 0 Å². The maximum Gasteiger partial charge on any atom is 0.342 e. The van der Waals surface area contributed by atoms with Crippen molar-refractivity contribution in [3.05, 3.63) is 35.4 Å². The van der Waals surface area contributed by atoms with Crippen molar-refractivity contribution >= 4 is 21.8 Å². The predicted molar refractivity (Wildman–Crippen MR) is 126 cm³/mol. The molecule has 3 saturated carbocycles. The van der Waals surface area contributed by atoms with Crippen molar-refractivity contribution in [3.8, 4) is 5.75 Å². The minimum absolute atomic E-state index is 0.0779. The highest BCUT2D eigenvalue weighted by molar-refractivity contribution is 7.89. The maximum absolute atomic E-state index is 13.2. The second-order valence-electron chi connectivity index (χ2n) is 10.7. The molecular weight excluding hydrogens is 454 g/mol. The number of primary sulfonamides is 1. The average molecular weight is 488 g/mol. The normalized spacial score (nSPS) is 35.0. The van der Waals surface area contributed by atoms with Crippen molar-refractivity contribution in [2.45, 2.75) is 69.3 Å². The Labute approximate surface area is 201 Å². The van der Waals surface area contributed by atoms with Crippen molar-refractivity contribution < 1.29 is 27.5 Å². The smallest absolute Gasteiger partial charge is 0.342 e. The second kappa shape index (κ2) is 8.48. The number of methoxy groups -OCH3 is 1. The molecule has 0 amide bonds. The molecule has 6 atom stereocenters. The van der Waals surface area contributed by atoms with Gasteiger partial charge in [0.1, 0.15) is 17.4 Å². The molecule has 7 nitrogen and oxygen atoms in total. The number of hydrogen-bond donors (Lipinski definition) is 1. The SMILES string of the molecule is COc1ccc(S(N)(=O)=O)cc1C(=O)O[C@H]1CCC2C3CCC4=CC(=O)CC[C@@H]4C3CC[C@@]21C. The van der Waals surface area contributed by atoms with Crippen LogP contribution in [0.5, 0.6) is 5.75 Å². The van der Waals surface area contributed by atoms with E-state index in [1.165, 1.54) is 30.9 Å². The molecule has 3 unspecified atom stereocenters. The molecule has 0 bridgehead atoms. The van der Waals surface area contributed by atoms with Gasteiger partial charge in [-0.1, -0.05) is 12.5 Å². The third-order valence-corrected chi connectivity index (χ3v) is 10.1. The highest BCUT2D eigenvalue weighted by Gasteiger charge is 2.57. The fourth-order valence-electron chi connectivity index (χ4n) is 7.54. The first-order valence-electron chi connectivity index (χ1n) is 12.3. The van der Waals surface area contributed by atoms with E-state index in [9.17, 15) is 18.0 Å². The summed E-state index contributed by atoms with van der Waals surface area (Å²) in [5, 5.41) is 5.26. The molecule has 2 N–H and O–H groups in total. The van der Waals surface area contributed by atoms with Crippen molar-refractivity contribution in [2.75, 3.05) is 7.11 Å². The number of allylic oxidation sites excluding steroid dienone is 1. The van der Waals surface area contributed by atoms with Crippen LogP contribution < -0.4 is 9.88 Å². The van der Waals surface area contributed by atoms with Gasteiger partial charge in [0.2, 0.25) is 10.0 Å². The van der Waals surface area contributed by atoms with Crippen LogP contribution in [0.25, 0.3) is 0 Å². The molecular formula is C26H33NO6S. The van der Waals surface area contributed by atoms with Gasteiger partial charge in [-0.25, -0.2) is 18.4 Å². The summed E-state index contributed by atoms with van der Waals surface area (Å²) in [7, 11) is -2.53. The van der Waals surface area contributed by atoms with Gasteiger partial charge in [0.05, 0.1) is 12.0 Å². The zero-order valence-corrected chi connectivity index (χ0v) is 20.6. The Morgan fingerprint density at radius 1 is 1.09 bits per heavy atom. The van der Waals surface area contributed by atoms with Crippen molar-refractivity contribution in [3.63, 3.8) is 0 Å². The van der Waals surface area contributed by atoms with E-state index >= 15 is 0 Å². The van der Waals surface area contributed by atoms with Crippen LogP contribution in [0.2, 0.25) is 0 Å². The number of carbonyl (C=O) groups excluding carboxylic acids is 2. The number of ether oxygens (including phenoxy) is 2. The van der Waals surface area contributed by atoms with E-state index < -0.39 is 16.0 Å². The van der Waals surface area contributed by atoms with Crippen LogP contribution in [0.4, 0.5) is 0 Å². The number of carbonyl (C=O) groups is 2. The monoisotopic (exact) mass is 487 g/mol. The van der Waals surface area contributed by atoms with Gasteiger partial charge in [0.15, 0.2) is 5.78 Å². The van der Waals surface area contributed by atoms with Crippen molar-refractivity contribution in [1.29, 1.82) is 0 Å². The van der Waals surface area contributed by atoms with E-state index in [2.05, 4.69) is 6.92 Å². The summed E-state index contributed by atoms with van der Waals surface area (Å²) in [5.41, 5.74) is 1.34. The van der Waals surface area contributed by atoms with Gasteiger partial charge in [0.25, 0.3) is 0 Å². The lowest BCUT2D eigenvalue weighted by Gasteiger charge is -2.53. The van der Waals surface area contributed by atoms with Gasteiger partial charge < -0.3 is 9.47 Å². The van der Waals surface area contributed by atoms with E-state index in [4.69, 9.17) is 14.6 Å². The standard InChI is InChI=1S/C26H33NO6S/c1-26-12-11-19-18-7-4-16(28)13-15(18)3-6-20(19)22(26)8-10-24(26)33-25(29)21-14-17(34(27,30)31)5-9-23(21)32-2/h5,9,13-14,18-20,22,24H,3-4,6-8,10-12H2,1-2H3,(H2,27,30,31)/t18-,19?,20?,22?,24-,26-/m0/s1. The van der Waals surface area contributed by atoms with Gasteiger partial charge in [-0.2, -0.15) is 0 Å². The van der Waals surface area contributed by atoms with Crippen LogP contribution in [0.15, 0.2) is 34.7 Å². The fraction of sp³-hybridized carbons (Fsp3) is 0.615. The summed E-state index contributed by atoms with van der Waals surface area (Å²) in [6.45, 7) is 2.26. The first-order chi connectivity index (χ1) is 16.1. The lowest BCUT2D eigenvalue weighted by atomic mass is 9.52. The fourth-order valence-corrected chi connectivity index (χ4v) is 8.08. The van der Waals surface area contributed by atoms with Crippen LogP contribution in [0, 0.1) is 29.1 Å². The number of hydrogen-bond acceptors (Lipinski definition) is 6. The van der Waals surface area contributed by atoms with Gasteiger partial charge in [-0.3, -0.25) is 4.79 Å². The number of nitrogens with two attached hydrogens (primary N) is 1. The molecule has 5 rings (SSSR count). The third-order valence-electron chi connectivity index (χ3n) is 9.18. The molecule has 0 aromatic heterocycles. The molecule has 0 radical (unpaired) electrons. The average Bonchev–Trinajstić information content (AvgIpc) is 3.13. The number of ketones is 1. The van der Waals surface area contributed by atoms with E-state index in [0.29, 0.717) is 30.1 Å². The van der Waals surface area contributed by atoms with Crippen LogP contribution in [0.1, 0.15) is 68.6 Å². The van der Waals surface area contributed by atoms with Gasteiger partial charge >= 0.3 is 5.97 Å². The lowest BCUT2D eigenvalue weighted by molar-refractivity contribution is -0.116. The second-order valence-corrected chi connectivity index (χ2v) is 12.3. The van der Waals surface area contributed by atoms with Gasteiger partial charge in [-0.05, 0) is 92.9 Å². The van der Waals surface area contributed by atoms with Gasteiger partial charge in [-0.15, -0.1) is 0 Å². The molecule has 1 aromatic carbocycles. The summed E-state index contributed by atoms with van der Waals surface area (Å²) in [5.74, 6) is 2.20. The minimum atomic E-state index is -3.96. The zero-order chi connectivity index (χ0) is 24.3. The molecule has 0 spiro atoms. The molecule has 4 aliphatic carbocycles. The summed E-state index contributed by atoms with van der Waals surface area (Å²) < 4.78 is 35.0. The molecule has 4 aliphatic rings. The van der Waals surface area contributed by atoms with Crippen LogP contribution >= 0.6 is 0 Å². The number of esters is 1. The first kappa shape index (κ1) is 23.5. The summed E-state index contributed by atoms with van der Waals surface area (Å²) in [6, 6.07) is 3.99. The van der Waals surface area contributed by atoms with E-state index in [-0.39, 0.29) is 33.5 Å². The molecule has 1 aromatic rings. The van der Waals surface area contributed by atoms with E-state index in [0.717, 1.165) is 44.9 Å². The van der Waals surface area contributed by atoms with E-state index in [1.807, 2.05) is 6.08 Å². The Bertz CT molecular complexity index is 1160. The molecule has 0 aliphatic heterocycles. The number of rotatable bonds is 4. The quantitative estimate of drug-likeness (QED) is 0.642. The van der Waals surface area contributed by atoms with Crippen LogP contribution in [-0.2, 0) is 19.6 Å². The van der Waals surface area contributed by atoms with E-state index in [1.54, 1.807) is 0 Å². The molecule has 3 fully saturated rings. The number of sulfonamides is 1. The molecule has 8 heteroatoms. The molecule has 0 saturated heterocycles. The third kappa shape index (κ3) is 3.88. The van der Waals surface area contributed by atoms with Crippen molar-refractivity contribution in [2.24, 2.45) is 34.2 Å². The summed E-state index contributed by atoms with van der Waals surface area (Å²) in [6.07, 6.45) is 9.35. The topological polar surface area (TPSA) is 113 Å². The molecule has 184 valence electrons. The number of benzene rings is 1. The molecule has 0 heterocycles. The summed E-state index contributed by atoms with van der Waals surface area (Å²) in [4.78, 5) is 25.0. The Hall–Kier alpha value is -2.19. The Kier molecular flexibility index (Phi) is 5.88. The zero-order valence-electron chi connectivity index (χ0n) is 19.8. The van der Waals surface area contributed by atoms with Gasteiger partial charge in [0, 0.05) is 11.8 Å². The Morgan fingerprint density at radius 2 is 1.88 bits per heavy atom. The maximum atomic E-state index is 13.2. The summed E-state index contributed by atoms with van der Waals surface area (Å²) >= 11 is 0. The highest BCUT2D eigenvalue weighted by atomic mass is 32.2. The predicted octanol–water partition coefficient (Wildman–Crippen LogP) is 4.01. The lowest BCUT2D eigenvalue weighted by Crippen LogP contribution is -2.48. The Balaban J connectivity index is 1.36. The van der Waals surface area contributed by atoms with Crippen molar-refractivity contribution in [1.82, 2.24) is 0 Å². The highest BCUT2D eigenvalue weighted by Crippen LogP contribution is 2.62. The first-order valence-corrected chi connectivity index (χ1v) is 13.8. The molecule has 34 heavy (non-hydrogen) atoms. The van der Waals surface area contributed by atoms with Crippen LogP contribution in [-0.4, -0.2) is 33.4 Å². The number of fused-ring (bicyclic) bond motifs is 5. The largest absolute Gasteiger partial charge is 0.496 e. The Morgan fingerprint density at radius 3 is 2.62 bits per heavy atom.